The van der Waals surface area contributed by atoms with Gasteiger partial charge in [-0.1, -0.05) is 55.7 Å². The highest BCUT2D eigenvalue weighted by atomic mass is 19.1. The van der Waals surface area contributed by atoms with E-state index in [2.05, 4.69) is 54.1 Å². The minimum Gasteiger partial charge on any atom is -0.423 e. The number of nitrogens with zero attached hydrogens (tertiary/aromatic N) is 2. The van der Waals surface area contributed by atoms with Crippen molar-refractivity contribution in [2.75, 3.05) is 0 Å². The third-order valence-electron chi connectivity index (χ3n) is 7.73. The molecule has 1 aromatic heterocycles. The fourth-order valence-corrected chi connectivity index (χ4v) is 5.42. The Bertz CT molecular complexity index is 1900. The lowest BCUT2D eigenvalue weighted by atomic mass is 9.74. The summed E-state index contributed by atoms with van der Waals surface area (Å²) in [6.07, 6.45) is 18.9. The molecule has 2 heterocycles. The molecule has 1 aliphatic heterocycles. The molecule has 0 atom stereocenters. The lowest BCUT2D eigenvalue weighted by molar-refractivity contribution is 0.415. The van der Waals surface area contributed by atoms with E-state index in [1.54, 1.807) is 18.2 Å². The van der Waals surface area contributed by atoms with Crippen LogP contribution in [0.15, 0.2) is 157 Å². The van der Waals surface area contributed by atoms with E-state index in [9.17, 15) is 14.4 Å². The van der Waals surface area contributed by atoms with Crippen LogP contribution in [-0.4, -0.2) is 26.6 Å². The fraction of sp³-hybridized carbons (Fsp3) is 0.0556. The maximum absolute atomic E-state index is 13.7. The molecular formula is C36H30BFN2O2. The minimum atomic E-state index is -1.44. The number of allylic oxidation sites excluding steroid dienone is 12. The zero-order chi connectivity index (χ0) is 29.2. The summed E-state index contributed by atoms with van der Waals surface area (Å²) in [4.78, 5) is 2.05. The number of hydrogen-bond acceptors (Lipinski definition) is 3. The molecule has 6 rings (SSSR count). The fourth-order valence-electron chi connectivity index (χ4n) is 5.42. The molecule has 0 amide bonds. The zero-order valence-electron chi connectivity index (χ0n) is 23.1. The normalized spacial score (nSPS) is 19.5. The van der Waals surface area contributed by atoms with Gasteiger partial charge in [-0.05, 0) is 107 Å². The van der Waals surface area contributed by atoms with Crippen molar-refractivity contribution in [3.05, 3.63) is 169 Å². The zero-order valence-corrected chi connectivity index (χ0v) is 23.1. The van der Waals surface area contributed by atoms with Crippen molar-refractivity contribution >= 4 is 34.5 Å². The second-order valence-corrected chi connectivity index (χ2v) is 10.4. The first kappa shape index (κ1) is 27.3. The van der Waals surface area contributed by atoms with E-state index in [-0.39, 0.29) is 5.82 Å². The summed E-state index contributed by atoms with van der Waals surface area (Å²) in [6, 6.07) is 21.2. The van der Waals surface area contributed by atoms with Gasteiger partial charge >= 0.3 is 7.12 Å². The monoisotopic (exact) mass is 552 g/mol. The van der Waals surface area contributed by atoms with Crippen LogP contribution in [0.5, 0.6) is 0 Å². The number of fused-ring (bicyclic) bond motifs is 3. The highest BCUT2D eigenvalue weighted by Crippen LogP contribution is 2.35. The van der Waals surface area contributed by atoms with Crippen LogP contribution < -0.4 is 0 Å². The van der Waals surface area contributed by atoms with E-state index in [1.807, 2.05) is 59.8 Å². The Labute approximate surface area is 245 Å². The summed E-state index contributed by atoms with van der Waals surface area (Å²) in [5.41, 5.74) is 8.22. The summed E-state index contributed by atoms with van der Waals surface area (Å²) < 4.78 is 15.9. The van der Waals surface area contributed by atoms with Crippen LogP contribution >= 0.6 is 0 Å². The number of halogens is 1. The standard InChI is InChI=1S/C36H30BFN2O2/c1-25-7-5-6-21-39(31-15-11-29(12-16-31)37(41)42)22-20-28(23-26(25)2)27-10-19-36-34(24-27)33-8-3-4-9-35(33)40(36)32-17-13-30(38)14-18-32/h3-11,13-15,17-24,41-42H,1-2,12,16H2/b7-5-,21-6-,22-20-,28-23+. The Kier molecular flexibility index (Phi) is 7.49. The van der Waals surface area contributed by atoms with Crippen molar-refractivity contribution in [2.45, 2.75) is 12.8 Å². The van der Waals surface area contributed by atoms with Crippen LogP contribution in [0, 0.1) is 5.82 Å². The van der Waals surface area contributed by atoms with Crippen LogP contribution in [-0.2, 0) is 0 Å². The van der Waals surface area contributed by atoms with E-state index in [0.717, 1.165) is 55.5 Å². The van der Waals surface area contributed by atoms with Crippen LogP contribution in [0.3, 0.4) is 0 Å². The molecule has 4 aromatic rings. The first-order chi connectivity index (χ1) is 20.4. The molecule has 206 valence electrons. The van der Waals surface area contributed by atoms with Crippen LogP contribution in [0.4, 0.5) is 4.39 Å². The predicted molar refractivity (Wildman–Crippen MR) is 172 cm³/mol. The summed E-state index contributed by atoms with van der Waals surface area (Å²) in [7, 11) is -1.44. The summed E-state index contributed by atoms with van der Waals surface area (Å²) >= 11 is 0. The third kappa shape index (κ3) is 5.38. The number of para-hydroxylation sites is 1. The smallest absolute Gasteiger partial charge is 0.423 e. The van der Waals surface area contributed by atoms with Crippen LogP contribution in [0.25, 0.3) is 33.1 Å². The Morgan fingerprint density at radius 2 is 1.55 bits per heavy atom. The van der Waals surface area contributed by atoms with Gasteiger partial charge in [-0.3, -0.25) is 0 Å². The molecular weight excluding hydrogens is 522 g/mol. The van der Waals surface area contributed by atoms with E-state index in [4.69, 9.17) is 0 Å². The Morgan fingerprint density at radius 3 is 2.31 bits per heavy atom. The van der Waals surface area contributed by atoms with Gasteiger partial charge in [-0.25, -0.2) is 4.39 Å². The van der Waals surface area contributed by atoms with E-state index < -0.39 is 7.12 Å². The molecule has 2 aliphatic rings. The van der Waals surface area contributed by atoms with Gasteiger partial charge in [0, 0.05) is 34.6 Å². The molecule has 0 unspecified atom stereocenters. The Hall–Kier alpha value is -4.91. The Balaban J connectivity index is 1.47. The highest BCUT2D eigenvalue weighted by molar-refractivity contribution is 6.50. The second-order valence-electron chi connectivity index (χ2n) is 10.4. The van der Waals surface area contributed by atoms with Crippen molar-refractivity contribution in [1.82, 2.24) is 9.47 Å². The molecule has 1 aliphatic carbocycles. The topological polar surface area (TPSA) is 48.6 Å². The predicted octanol–water partition coefficient (Wildman–Crippen LogP) is 7.93. The van der Waals surface area contributed by atoms with Gasteiger partial charge < -0.3 is 19.5 Å². The Morgan fingerprint density at radius 1 is 0.762 bits per heavy atom. The molecule has 4 nitrogen and oxygen atoms in total. The molecule has 0 saturated carbocycles. The SMILES string of the molecule is C=C1/C=C\C=C/N(C2=CC=C(B(O)O)CC2)/C=C\C(c2ccc3c(c2)c2ccccc2n3-c2ccc(F)cc2)=C/C1=C. The molecule has 2 N–H and O–H groups in total. The minimum absolute atomic E-state index is 0.265. The van der Waals surface area contributed by atoms with Crippen molar-refractivity contribution in [2.24, 2.45) is 0 Å². The lowest BCUT2D eigenvalue weighted by Gasteiger charge is -2.23. The highest BCUT2D eigenvalue weighted by Gasteiger charge is 2.19. The number of aromatic nitrogens is 1. The molecule has 0 bridgehead atoms. The molecule has 0 radical (unpaired) electrons. The largest absolute Gasteiger partial charge is 0.484 e. The van der Waals surface area contributed by atoms with Gasteiger partial charge in [0.2, 0.25) is 0 Å². The van der Waals surface area contributed by atoms with Gasteiger partial charge in [0.1, 0.15) is 5.82 Å². The van der Waals surface area contributed by atoms with Crippen molar-refractivity contribution < 1.29 is 14.4 Å². The summed E-state index contributed by atoms with van der Waals surface area (Å²) in [6.45, 7) is 8.47. The van der Waals surface area contributed by atoms with Gasteiger partial charge in [0.15, 0.2) is 0 Å². The van der Waals surface area contributed by atoms with E-state index >= 15 is 0 Å². The van der Waals surface area contributed by atoms with Gasteiger partial charge in [-0.15, -0.1) is 0 Å². The van der Waals surface area contributed by atoms with Gasteiger partial charge in [-0.2, -0.15) is 0 Å². The summed E-state index contributed by atoms with van der Waals surface area (Å²) in [5.74, 6) is -0.265. The van der Waals surface area contributed by atoms with Crippen molar-refractivity contribution in [3.8, 4) is 5.69 Å². The summed E-state index contributed by atoms with van der Waals surface area (Å²) in [5, 5.41) is 21.3. The molecule has 6 heteroatoms. The molecule has 3 aromatic carbocycles. The second kappa shape index (κ2) is 11.5. The number of hydrogen-bond donors (Lipinski definition) is 2. The lowest BCUT2D eigenvalue weighted by Crippen LogP contribution is -2.19. The quantitative estimate of drug-likeness (QED) is 0.253. The van der Waals surface area contributed by atoms with E-state index in [1.165, 1.54) is 12.1 Å². The van der Waals surface area contributed by atoms with Crippen LogP contribution in [0.1, 0.15) is 18.4 Å². The van der Waals surface area contributed by atoms with Crippen LogP contribution in [0.2, 0.25) is 0 Å². The molecule has 0 fully saturated rings. The molecule has 0 spiro atoms. The van der Waals surface area contributed by atoms with Crippen molar-refractivity contribution in [1.29, 1.82) is 0 Å². The van der Waals surface area contributed by atoms with E-state index in [0.29, 0.717) is 18.3 Å². The first-order valence-corrected chi connectivity index (χ1v) is 13.9. The average Bonchev–Trinajstić information content (AvgIpc) is 3.32. The van der Waals surface area contributed by atoms with Gasteiger partial charge in [0.25, 0.3) is 0 Å². The maximum Gasteiger partial charge on any atom is 0.484 e. The molecule has 0 saturated heterocycles. The molecule has 42 heavy (non-hydrogen) atoms. The average molecular weight is 552 g/mol. The first-order valence-electron chi connectivity index (χ1n) is 13.9. The number of benzene rings is 3. The van der Waals surface area contributed by atoms with Gasteiger partial charge in [0.05, 0.1) is 11.0 Å². The third-order valence-corrected chi connectivity index (χ3v) is 7.73. The van der Waals surface area contributed by atoms with Crippen molar-refractivity contribution in [3.63, 3.8) is 0 Å². The maximum atomic E-state index is 13.7. The number of rotatable bonds is 4.